The molecule has 1 aromatic rings. The molecule has 1 saturated heterocycles. The van der Waals surface area contributed by atoms with E-state index in [2.05, 4.69) is 15.6 Å². The highest BCUT2D eigenvalue weighted by Gasteiger charge is 2.29. The summed E-state index contributed by atoms with van der Waals surface area (Å²) in [4.78, 5) is 30.2. The fourth-order valence-electron chi connectivity index (χ4n) is 4.67. The molecule has 2 fully saturated rings. The quantitative estimate of drug-likeness (QED) is 0.759. The number of fused-ring (bicyclic) bond motifs is 1. The molecule has 3 heterocycles. The van der Waals surface area contributed by atoms with Crippen molar-refractivity contribution in [1.29, 1.82) is 0 Å². The van der Waals surface area contributed by atoms with E-state index in [1.54, 1.807) is 0 Å². The van der Waals surface area contributed by atoms with Crippen LogP contribution in [0.5, 0.6) is 0 Å². The third kappa shape index (κ3) is 4.40. The summed E-state index contributed by atoms with van der Waals surface area (Å²) >= 11 is 0. The Labute approximate surface area is 166 Å². The van der Waals surface area contributed by atoms with Gasteiger partial charge in [0.15, 0.2) is 5.82 Å². The molecule has 4 rings (SSSR count). The maximum atomic E-state index is 13.0. The highest BCUT2D eigenvalue weighted by Crippen LogP contribution is 2.23. The minimum absolute atomic E-state index is 0.0951. The zero-order valence-electron chi connectivity index (χ0n) is 16.7. The number of aromatic nitrogens is 2. The van der Waals surface area contributed by atoms with Gasteiger partial charge in [0.2, 0.25) is 0 Å². The molecule has 2 amide bonds. The summed E-state index contributed by atoms with van der Waals surface area (Å²) in [7, 11) is 0. The molecule has 1 atom stereocenters. The number of carbonyl (C=O) groups is 2. The minimum atomic E-state index is -0.202. The number of nitrogens with zero attached hydrogens (tertiary/aromatic N) is 2. The lowest BCUT2D eigenvalue weighted by Gasteiger charge is -2.19. The van der Waals surface area contributed by atoms with E-state index in [0.717, 1.165) is 63.8 Å². The molecule has 3 aliphatic rings. The predicted octanol–water partition coefficient (Wildman–Crippen LogP) is 2.58. The monoisotopic (exact) mass is 388 g/mol. The van der Waals surface area contributed by atoms with E-state index in [4.69, 9.17) is 4.74 Å². The number of imidazole rings is 1. The van der Waals surface area contributed by atoms with Crippen molar-refractivity contribution < 1.29 is 14.3 Å². The van der Waals surface area contributed by atoms with Crippen molar-refractivity contribution in [2.75, 3.05) is 13.2 Å². The van der Waals surface area contributed by atoms with E-state index < -0.39 is 0 Å². The molecule has 0 bridgehead atoms. The van der Waals surface area contributed by atoms with Crippen LogP contribution in [0.4, 0.5) is 0 Å². The Balaban J connectivity index is 1.47. The molecule has 2 N–H and O–H groups in total. The molecule has 1 unspecified atom stereocenters. The van der Waals surface area contributed by atoms with Crippen LogP contribution in [0.25, 0.3) is 0 Å². The van der Waals surface area contributed by atoms with Gasteiger partial charge in [-0.1, -0.05) is 25.7 Å². The largest absolute Gasteiger partial charge is 0.376 e. The molecule has 154 valence electrons. The fraction of sp³-hybridized carbons (Fsp3) is 0.762. The van der Waals surface area contributed by atoms with Crippen molar-refractivity contribution in [3.05, 3.63) is 17.2 Å². The number of amides is 2. The minimum Gasteiger partial charge on any atom is -0.376 e. The van der Waals surface area contributed by atoms with Crippen LogP contribution in [-0.2, 0) is 17.7 Å². The van der Waals surface area contributed by atoms with Crippen molar-refractivity contribution >= 4 is 11.8 Å². The van der Waals surface area contributed by atoms with Gasteiger partial charge in [0.25, 0.3) is 11.8 Å². The van der Waals surface area contributed by atoms with Gasteiger partial charge in [0.05, 0.1) is 11.8 Å². The maximum Gasteiger partial charge on any atom is 0.287 e. The topological polar surface area (TPSA) is 85.2 Å². The summed E-state index contributed by atoms with van der Waals surface area (Å²) < 4.78 is 7.54. The maximum absolute atomic E-state index is 13.0. The number of hydrogen-bond acceptors (Lipinski definition) is 4. The van der Waals surface area contributed by atoms with E-state index in [0.29, 0.717) is 18.1 Å². The molecule has 2 aliphatic heterocycles. The lowest BCUT2D eigenvalue weighted by atomic mass is 10.1. The Morgan fingerprint density at radius 3 is 2.57 bits per heavy atom. The summed E-state index contributed by atoms with van der Waals surface area (Å²) in [6.07, 6.45) is 11.9. The van der Waals surface area contributed by atoms with Crippen LogP contribution >= 0.6 is 0 Å². The van der Waals surface area contributed by atoms with Crippen LogP contribution in [0.1, 0.15) is 91.0 Å². The Kier molecular flexibility index (Phi) is 6.29. The van der Waals surface area contributed by atoms with E-state index in [1.165, 1.54) is 25.7 Å². The van der Waals surface area contributed by atoms with Crippen LogP contribution in [0.15, 0.2) is 0 Å². The zero-order chi connectivity index (χ0) is 19.3. The summed E-state index contributed by atoms with van der Waals surface area (Å²) in [5.74, 6) is 0.0570. The summed E-state index contributed by atoms with van der Waals surface area (Å²) in [5, 5.41) is 6.14. The van der Waals surface area contributed by atoms with Gasteiger partial charge in [0.1, 0.15) is 5.69 Å². The van der Waals surface area contributed by atoms with E-state index in [9.17, 15) is 9.59 Å². The normalized spacial score (nSPS) is 23.1. The first kappa shape index (κ1) is 19.4. The van der Waals surface area contributed by atoms with E-state index in [1.807, 2.05) is 4.57 Å². The SMILES string of the molecule is O=C(NC1CCCCCC1)c1nc(C(=O)NCC2CCCO2)n2c1CCCC2. The van der Waals surface area contributed by atoms with Gasteiger partial charge in [0, 0.05) is 25.7 Å². The molecule has 7 nitrogen and oxygen atoms in total. The predicted molar refractivity (Wildman–Crippen MR) is 105 cm³/mol. The highest BCUT2D eigenvalue weighted by atomic mass is 16.5. The lowest BCUT2D eigenvalue weighted by molar-refractivity contribution is 0.0845. The number of nitrogens with one attached hydrogen (secondary N) is 2. The molecule has 0 spiro atoms. The summed E-state index contributed by atoms with van der Waals surface area (Å²) in [6, 6.07) is 0.229. The summed E-state index contributed by atoms with van der Waals surface area (Å²) in [6.45, 7) is 2.02. The lowest BCUT2D eigenvalue weighted by Crippen LogP contribution is -2.35. The molecular formula is C21H32N4O3. The van der Waals surface area contributed by atoms with E-state index in [-0.39, 0.29) is 24.0 Å². The van der Waals surface area contributed by atoms with Gasteiger partial charge in [-0.3, -0.25) is 9.59 Å². The highest BCUT2D eigenvalue weighted by molar-refractivity contribution is 5.97. The Morgan fingerprint density at radius 1 is 1.00 bits per heavy atom. The van der Waals surface area contributed by atoms with Crippen molar-refractivity contribution in [1.82, 2.24) is 20.2 Å². The van der Waals surface area contributed by atoms with Crippen molar-refractivity contribution in [3.63, 3.8) is 0 Å². The Bertz CT molecular complexity index is 701. The number of ether oxygens (including phenoxy) is 1. The van der Waals surface area contributed by atoms with Gasteiger partial charge in [-0.2, -0.15) is 0 Å². The first-order valence-corrected chi connectivity index (χ1v) is 11.0. The molecule has 1 aromatic heterocycles. The second-order valence-corrected chi connectivity index (χ2v) is 8.35. The van der Waals surface area contributed by atoms with E-state index >= 15 is 0 Å². The number of hydrogen-bond donors (Lipinski definition) is 2. The second-order valence-electron chi connectivity index (χ2n) is 8.35. The third-order valence-corrected chi connectivity index (χ3v) is 6.24. The third-order valence-electron chi connectivity index (χ3n) is 6.24. The Morgan fingerprint density at radius 2 is 1.82 bits per heavy atom. The summed E-state index contributed by atoms with van der Waals surface area (Å²) in [5.41, 5.74) is 1.37. The molecule has 0 aromatic carbocycles. The van der Waals surface area contributed by atoms with Gasteiger partial charge in [-0.25, -0.2) is 4.98 Å². The van der Waals surface area contributed by atoms with Gasteiger partial charge >= 0.3 is 0 Å². The van der Waals surface area contributed by atoms with Crippen LogP contribution in [0.2, 0.25) is 0 Å². The number of carbonyl (C=O) groups excluding carboxylic acids is 2. The first-order valence-electron chi connectivity index (χ1n) is 11.0. The first-order chi connectivity index (χ1) is 13.7. The van der Waals surface area contributed by atoms with Crippen LogP contribution in [-0.4, -0.2) is 46.7 Å². The Hall–Kier alpha value is -1.89. The van der Waals surface area contributed by atoms with Crippen molar-refractivity contribution in [2.45, 2.75) is 89.3 Å². The average molecular weight is 389 g/mol. The molecule has 7 heteroatoms. The molecular weight excluding hydrogens is 356 g/mol. The van der Waals surface area contributed by atoms with Gasteiger partial charge in [-0.05, 0) is 44.9 Å². The van der Waals surface area contributed by atoms with Crippen molar-refractivity contribution in [3.8, 4) is 0 Å². The van der Waals surface area contributed by atoms with Gasteiger partial charge in [-0.15, -0.1) is 0 Å². The molecule has 1 aliphatic carbocycles. The fourth-order valence-corrected chi connectivity index (χ4v) is 4.67. The average Bonchev–Trinajstić information content (AvgIpc) is 3.29. The molecule has 0 radical (unpaired) electrons. The molecule has 28 heavy (non-hydrogen) atoms. The van der Waals surface area contributed by atoms with Crippen LogP contribution in [0.3, 0.4) is 0 Å². The second kappa shape index (κ2) is 9.07. The zero-order valence-corrected chi connectivity index (χ0v) is 16.7. The van der Waals surface area contributed by atoms with Gasteiger partial charge < -0.3 is 19.9 Å². The molecule has 1 saturated carbocycles. The standard InChI is InChI=1S/C21H32N4O3/c26-20(23-15-8-3-1-2-4-9-15)18-17-11-5-6-12-25(17)19(24-18)21(27)22-14-16-10-7-13-28-16/h15-16H,1-14H2,(H,22,27)(H,23,26). The smallest absolute Gasteiger partial charge is 0.287 e. The van der Waals surface area contributed by atoms with Crippen LogP contribution < -0.4 is 10.6 Å². The van der Waals surface area contributed by atoms with Crippen molar-refractivity contribution in [2.24, 2.45) is 0 Å². The van der Waals surface area contributed by atoms with Crippen LogP contribution in [0, 0.1) is 0 Å². The number of rotatable bonds is 5.